The molecule has 0 amide bonds. The second-order valence-corrected chi connectivity index (χ2v) is 6.47. The molecule has 1 aromatic heterocycles. The summed E-state index contributed by atoms with van der Waals surface area (Å²) >= 11 is 0. The first-order valence-electron chi connectivity index (χ1n) is 8.40. The zero-order valence-corrected chi connectivity index (χ0v) is 14.1. The van der Waals surface area contributed by atoms with E-state index in [1.54, 1.807) is 0 Å². The molecule has 0 bridgehead atoms. The maximum atomic E-state index is 4.12. The number of aryl methyl sites for hydroxylation is 1. The van der Waals surface area contributed by atoms with E-state index in [2.05, 4.69) is 69.6 Å². The number of rotatable bonds is 6. The van der Waals surface area contributed by atoms with Gasteiger partial charge in [-0.1, -0.05) is 30.3 Å². The van der Waals surface area contributed by atoms with Crippen molar-refractivity contribution < 1.29 is 0 Å². The molecule has 1 fully saturated rings. The Morgan fingerprint density at radius 1 is 1.17 bits per heavy atom. The Bertz CT molecular complexity index is 586. The molecule has 1 aliphatic heterocycles. The maximum Gasteiger partial charge on any atom is 0.0535 e. The minimum atomic E-state index is 0.342. The lowest BCUT2D eigenvalue weighted by molar-refractivity contribution is 0.142. The minimum absolute atomic E-state index is 0.342. The van der Waals surface area contributed by atoms with Gasteiger partial charge in [0.05, 0.1) is 6.20 Å². The van der Waals surface area contributed by atoms with Crippen LogP contribution in [0.15, 0.2) is 36.5 Å². The summed E-state index contributed by atoms with van der Waals surface area (Å²) in [6, 6.07) is 11.1. The average molecular weight is 313 g/mol. The highest BCUT2D eigenvalue weighted by atomic mass is 15.3. The predicted octanol–water partition coefficient (Wildman–Crippen LogP) is 1.80. The van der Waals surface area contributed by atoms with E-state index in [1.165, 1.54) is 11.1 Å². The Balaban J connectivity index is 1.65. The van der Waals surface area contributed by atoms with Crippen LogP contribution in [0.2, 0.25) is 0 Å². The molecular formula is C18H27N5. The fourth-order valence-electron chi connectivity index (χ4n) is 3.05. The predicted molar refractivity (Wildman–Crippen MR) is 93.3 cm³/mol. The average Bonchev–Trinajstić information content (AvgIpc) is 2.99. The zero-order chi connectivity index (χ0) is 16.1. The third-order valence-corrected chi connectivity index (χ3v) is 4.71. The van der Waals surface area contributed by atoms with Gasteiger partial charge in [-0.15, -0.1) is 0 Å². The van der Waals surface area contributed by atoms with Crippen molar-refractivity contribution in [2.75, 3.05) is 39.8 Å². The lowest BCUT2D eigenvalue weighted by Gasteiger charge is -2.35. The Morgan fingerprint density at radius 3 is 2.57 bits per heavy atom. The molecule has 0 aliphatic carbocycles. The first kappa shape index (κ1) is 16.2. The molecule has 2 heterocycles. The van der Waals surface area contributed by atoms with Crippen molar-refractivity contribution in [3.8, 4) is 0 Å². The van der Waals surface area contributed by atoms with E-state index < -0.39 is 0 Å². The zero-order valence-electron chi connectivity index (χ0n) is 14.1. The number of hydrogen-bond donors (Lipinski definition) is 2. The number of nitrogens with zero attached hydrogens (tertiary/aromatic N) is 3. The van der Waals surface area contributed by atoms with Crippen LogP contribution in [0, 0.1) is 6.92 Å². The number of likely N-dealkylation sites (N-methyl/N-ethyl adjacent to an activating group) is 1. The molecule has 3 rings (SSSR count). The van der Waals surface area contributed by atoms with Gasteiger partial charge in [-0.2, -0.15) is 5.10 Å². The van der Waals surface area contributed by atoms with Crippen LogP contribution in [-0.2, 0) is 6.54 Å². The maximum absolute atomic E-state index is 4.12. The Hall–Kier alpha value is -1.69. The fraction of sp³-hybridized carbons (Fsp3) is 0.500. The van der Waals surface area contributed by atoms with Crippen molar-refractivity contribution in [1.82, 2.24) is 25.3 Å². The molecule has 23 heavy (non-hydrogen) atoms. The molecule has 1 unspecified atom stereocenters. The third kappa shape index (κ3) is 4.41. The summed E-state index contributed by atoms with van der Waals surface area (Å²) in [6.45, 7) is 8.57. The first-order chi connectivity index (χ1) is 11.2. The summed E-state index contributed by atoms with van der Waals surface area (Å²) in [7, 11) is 2.20. The van der Waals surface area contributed by atoms with Crippen LogP contribution in [0.25, 0.3) is 0 Å². The number of hydrogen-bond acceptors (Lipinski definition) is 4. The van der Waals surface area contributed by atoms with Crippen LogP contribution in [0.3, 0.4) is 0 Å². The van der Waals surface area contributed by atoms with Gasteiger partial charge in [0, 0.05) is 56.6 Å². The van der Waals surface area contributed by atoms with Crippen LogP contribution in [0.5, 0.6) is 0 Å². The molecule has 1 atom stereocenters. The quantitative estimate of drug-likeness (QED) is 0.854. The topological polar surface area (TPSA) is 47.2 Å². The highest BCUT2D eigenvalue weighted by Gasteiger charge is 2.19. The van der Waals surface area contributed by atoms with Gasteiger partial charge < -0.3 is 10.2 Å². The van der Waals surface area contributed by atoms with E-state index in [4.69, 9.17) is 0 Å². The molecule has 5 heteroatoms. The van der Waals surface area contributed by atoms with Gasteiger partial charge in [0.1, 0.15) is 0 Å². The van der Waals surface area contributed by atoms with Crippen molar-refractivity contribution in [2.45, 2.75) is 19.5 Å². The molecule has 1 saturated heterocycles. The molecule has 1 aliphatic rings. The molecule has 124 valence electrons. The highest BCUT2D eigenvalue weighted by molar-refractivity contribution is 5.20. The highest BCUT2D eigenvalue weighted by Crippen LogP contribution is 2.16. The van der Waals surface area contributed by atoms with Gasteiger partial charge in [-0.3, -0.25) is 10.00 Å². The standard InChI is InChI=1S/C18H27N5/c1-15-17(13-20-21-15)12-19-18(16-6-4-3-5-7-16)14-23-10-8-22(2)9-11-23/h3-7,13,18-19H,8-12,14H2,1-2H3,(H,20,21). The van der Waals surface area contributed by atoms with Crippen molar-refractivity contribution in [3.05, 3.63) is 53.3 Å². The van der Waals surface area contributed by atoms with E-state index >= 15 is 0 Å². The van der Waals surface area contributed by atoms with E-state index in [0.717, 1.165) is 45.0 Å². The van der Waals surface area contributed by atoms with Gasteiger partial charge in [0.2, 0.25) is 0 Å². The van der Waals surface area contributed by atoms with Gasteiger partial charge in [0.25, 0.3) is 0 Å². The summed E-state index contributed by atoms with van der Waals surface area (Å²) in [5, 5.41) is 10.9. The molecular weight excluding hydrogens is 286 g/mol. The van der Waals surface area contributed by atoms with Crippen LogP contribution in [-0.4, -0.2) is 59.8 Å². The van der Waals surface area contributed by atoms with Crippen molar-refractivity contribution in [3.63, 3.8) is 0 Å². The number of H-pyrrole nitrogens is 1. The fourth-order valence-corrected chi connectivity index (χ4v) is 3.05. The third-order valence-electron chi connectivity index (χ3n) is 4.71. The van der Waals surface area contributed by atoms with Crippen molar-refractivity contribution in [1.29, 1.82) is 0 Å². The first-order valence-corrected chi connectivity index (χ1v) is 8.40. The van der Waals surface area contributed by atoms with Crippen molar-refractivity contribution >= 4 is 0 Å². The van der Waals surface area contributed by atoms with Gasteiger partial charge in [-0.25, -0.2) is 0 Å². The smallest absolute Gasteiger partial charge is 0.0535 e. The second-order valence-electron chi connectivity index (χ2n) is 6.47. The lowest BCUT2D eigenvalue weighted by atomic mass is 10.1. The summed E-state index contributed by atoms with van der Waals surface area (Å²) in [6.07, 6.45) is 1.92. The number of benzene rings is 1. The van der Waals surface area contributed by atoms with Crippen LogP contribution in [0.4, 0.5) is 0 Å². The molecule has 0 radical (unpaired) electrons. The SMILES string of the molecule is Cc1[nH]ncc1CNC(CN1CCN(C)CC1)c1ccccc1. The van der Waals surface area contributed by atoms with E-state index in [-0.39, 0.29) is 0 Å². The number of aromatic amines is 1. The largest absolute Gasteiger partial charge is 0.305 e. The molecule has 1 aromatic carbocycles. The van der Waals surface area contributed by atoms with E-state index in [1.807, 2.05) is 6.20 Å². The summed E-state index contributed by atoms with van der Waals surface area (Å²) in [5.41, 5.74) is 3.74. The number of aromatic nitrogens is 2. The monoisotopic (exact) mass is 313 g/mol. The normalized spacial score (nSPS) is 18.2. The van der Waals surface area contributed by atoms with Gasteiger partial charge in [-0.05, 0) is 19.5 Å². The molecule has 2 aromatic rings. The van der Waals surface area contributed by atoms with Crippen LogP contribution in [0.1, 0.15) is 22.9 Å². The molecule has 0 saturated carbocycles. The van der Waals surface area contributed by atoms with Crippen LogP contribution >= 0.6 is 0 Å². The minimum Gasteiger partial charge on any atom is -0.305 e. The van der Waals surface area contributed by atoms with Gasteiger partial charge in [0.15, 0.2) is 0 Å². The van der Waals surface area contributed by atoms with Gasteiger partial charge >= 0.3 is 0 Å². The van der Waals surface area contributed by atoms with E-state index in [9.17, 15) is 0 Å². The lowest BCUT2D eigenvalue weighted by Crippen LogP contribution is -2.47. The Kier molecular flexibility index (Phi) is 5.43. The number of nitrogens with one attached hydrogen (secondary N) is 2. The molecule has 0 spiro atoms. The molecule has 2 N–H and O–H groups in total. The number of piperazine rings is 1. The summed E-state index contributed by atoms with van der Waals surface area (Å²) < 4.78 is 0. The Morgan fingerprint density at radius 2 is 1.91 bits per heavy atom. The van der Waals surface area contributed by atoms with E-state index in [0.29, 0.717) is 6.04 Å². The summed E-state index contributed by atoms with van der Waals surface area (Å²) in [5.74, 6) is 0. The van der Waals surface area contributed by atoms with Crippen molar-refractivity contribution in [2.24, 2.45) is 0 Å². The summed E-state index contributed by atoms with van der Waals surface area (Å²) in [4.78, 5) is 4.96. The Labute approximate surface area is 138 Å². The molecule has 5 nitrogen and oxygen atoms in total. The van der Waals surface area contributed by atoms with Crippen LogP contribution < -0.4 is 5.32 Å². The second kappa shape index (κ2) is 7.73.